The Morgan fingerprint density at radius 3 is 2.35 bits per heavy atom. The number of β-amino-alcohol motifs (C(OH)–C–C–N with tert-alkyl or cyclic N) is 1. The molecule has 1 aliphatic carbocycles. The van der Waals surface area contributed by atoms with Crippen LogP contribution in [0.1, 0.15) is 27.7 Å². The first-order valence-electron chi connectivity index (χ1n) is 7.65. The third-order valence-electron chi connectivity index (χ3n) is 4.79. The molecule has 0 aromatic rings. The summed E-state index contributed by atoms with van der Waals surface area (Å²) in [6, 6.07) is 0. The highest BCUT2D eigenvalue weighted by Crippen LogP contribution is 2.60. The van der Waals surface area contributed by atoms with Crippen LogP contribution < -0.4 is 0 Å². The van der Waals surface area contributed by atoms with Crippen molar-refractivity contribution in [1.29, 1.82) is 0 Å². The van der Waals surface area contributed by atoms with Crippen molar-refractivity contribution in [3.8, 4) is 0 Å². The molecule has 0 unspecified atom stereocenters. The molecule has 2 rings (SSSR count). The van der Waals surface area contributed by atoms with Crippen LogP contribution in [0.15, 0.2) is 11.6 Å². The smallest absolute Gasteiger partial charge is 0.226 e. The Labute approximate surface area is 122 Å². The van der Waals surface area contributed by atoms with E-state index in [0.717, 1.165) is 32.7 Å². The fourth-order valence-corrected chi connectivity index (χ4v) is 3.35. The first-order chi connectivity index (χ1) is 9.37. The molecular formula is C16H28N2O2. The van der Waals surface area contributed by atoms with Gasteiger partial charge >= 0.3 is 0 Å². The summed E-state index contributed by atoms with van der Waals surface area (Å²) in [6.07, 6.45) is 2.25. The summed E-state index contributed by atoms with van der Waals surface area (Å²) < 4.78 is 0. The lowest BCUT2D eigenvalue weighted by Crippen LogP contribution is -2.50. The highest BCUT2D eigenvalue weighted by atomic mass is 16.3. The second-order valence-corrected chi connectivity index (χ2v) is 6.96. The normalized spacial score (nSPS) is 29.1. The Morgan fingerprint density at radius 1 is 1.25 bits per heavy atom. The molecule has 0 spiro atoms. The number of carbonyl (C=O) groups excluding carboxylic acids is 1. The van der Waals surface area contributed by atoms with Crippen molar-refractivity contribution in [1.82, 2.24) is 9.80 Å². The van der Waals surface area contributed by atoms with Crippen molar-refractivity contribution in [2.45, 2.75) is 27.7 Å². The predicted octanol–water partition coefficient (Wildman–Crippen LogP) is 1.36. The van der Waals surface area contributed by atoms with Gasteiger partial charge in [-0.3, -0.25) is 9.69 Å². The number of rotatable bonds is 4. The minimum atomic E-state index is 0.108. The molecule has 114 valence electrons. The number of carbonyl (C=O) groups is 1. The molecule has 0 aromatic heterocycles. The van der Waals surface area contributed by atoms with E-state index in [1.165, 1.54) is 5.57 Å². The molecule has 0 bridgehead atoms. The van der Waals surface area contributed by atoms with Crippen LogP contribution >= 0.6 is 0 Å². The summed E-state index contributed by atoms with van der Waals surface area (Å²) in [7, 11) is 0. The van der Waals surface area contributed by atoms with E-state index in [0.29, 0.717) is 11.8 Å². The third-order valence-corrected chi connectivity index (χ3v) is 4.79. The van der Waals surface area contributed by atoms with Gasteiger partial charge in [-0.2, -0.15) is 0 Å². The SMILES string of the molecule is CC(C)=C[C@@H]1[C@@H](C(=O)N2CCN(CCO)CC2)C1(C)C. The Kier molecular flexibility index (Phi) is 4.55. The number of aliphatic hydroxyl groups is 1. The zero-order valence-electron chi connectivity index (χ0n) is 13.2. The molecular weight excluding hydrogens is 252 g/mol. The van der Waals surface area contributed by atoms with E-state index < -0.39 is 0 Å². The van der Waals surface area contributed by atoms with Gasteiger partial charge in [0.15, 0.2) is 0 Å². The lowest BCUT2D eigenvalue weighted by Gasteiger charge is -2.34. The predicted molar refractivity (Wildman–Crippen MR) is 80.3 cm³/mol. The van der Waals surface area contributed by atoms with Crippen LogP contribution in [0.2, 0.25) is 0 Å². The Hall–Kier alpha value is -0.870. The molecule has 1 saturated carbocycles. The highest BCUT2D eigenvalue weighted by Gasteiger charge is 2.61. The van der Waals surface area contributed by atoms with Gasteiger partial charge in [0.25, 0.3) is 0 Å². The molecule has 1 aliphatic heterocycles. The van der Waals surface area contributed by atoms with Crippen LogP contribution in [-0.4, -0.2) is 60.1 Å². The third kappa shape index (κ3) is 3.07. The number of aliphatic hydroxyl groups excluding tert-OH is 1. The molecule has 20 heavy (non-hydrogen) atoms. The summed E-state index contributed by atoms with van der Waals surface area (Å²) in [5, 5.41) is 8.95. The van der Waals surface area contributed by atoms with Gasteiger partial charge in [0, 0.05) is 32.7 Å². The Bertz CT molecular complexity index is 391. The van der Waals surface area contributed by atoms with Gasteiger partial charge in [0.05, 0.1) is 12.5 Å². The van der Waals surface area contributed by atoms with Crippen molar-refractivity contribution in [2.75, 3.05) is 39.3 Å². The lowest BCUT2D eigenvalue weighted by molar-refractivity contribution is -0.135. The van der Waals surface area contributed by atoms with Gasteiger partial charge in [0.1, 0.15) is 0 Å². The minimum Gasteiger partial charge on any atom is -0.395 e. The molecule has 1 amide bonds. The zero-order chi connectivity index (χ0) is 14.9. The van der Waals surface area contributed by atoms with Crippen LogP contribution in [0.5, 0.6) is 0 Å². The fraction of sp³-hybridized carbons (Fsp3) is 0.812. The molecule has 0 radical (unpaired) electrons. The molecule has 1 heterocycles. The van der Waals surface area contributed by atoms with Crippen molar-refractivity contribution in [3.63, 3.8) is 0 Å². The number of nitrogens with zero attached hydrogens (tertiary/aromatic N) is 2. The largest absolute Gasteiger partial charge is 0.395 e. The molecule has 1 saturated heterocycles. The van der Waals surface area contributed by atoms with Crippen LogP contribution in [0.4, 0.5) is 0 Å². The number of piperazine rings is 1. The number of allylic oxidation sites excluding steroid dienone is 2. The summed E-state index contributed by atoms with van der Waals surface area (Å²) in [6.45, 7) is 12.9. The maximum absolute atomic E-state index is 12.7. The maximum atomic E-state index is 12.7. The summed E-state index contributed by atoms with van der Waals surface area (Å²) in [5.74, 6) is 0.874. The average molecular weight is 280 g/mol. The van der Waals surface area contributed by atoms with Gasteiger partial charge in [-0.15, -0.1) is 0 Å². The number of hydrogen-bond donors (Lipinski definition) is 1. The molecule has 4 nitrogen and oxygen atoms in total. The quantitative estimate of drug-likeness (QED) is 0.791. The summed E-state index contributed by atoms with van der Waals surface area (Å²) in [5.41, 5.74) is 1.41. The summed E-state index contributed by atoms with van der Waals surface area (Å²) >= 11 is 0. The molecule has 1 N–H and O–H groups in total. The van der Waals surface area contributed by atoms with Crippen LogP contribution in [0, 0.1) is 17.3 Å². The molecule has 2 aliphatic rings. The average Bonchev–Trinajstić information content (AvgIpc) is 2.90. The van der Waals surface area contributed by atoms with Gasteiger partial charge in [-0.05, 0) is 25.2 Å². The van der Waals surface area contributed by atoms with E-state index in [1.54, 1.807) is 0 Å². The van der Waals surface area contributed by atoms with Gasteiger partial charge in [-0.1, -0.05) is 25.5 Å². The second kappa shape index (κ2) is 5.86. The van der Waals surface area contributed by atoms with Crippen molar-refractivity contribution >= 4 is 5.91 Å². The highest BCUT2D eigenvalue weighted by molar-refractivity contribution is 5.84. The lowest BCUT2D eigenvalue weighted by atomic mass is 10.1. The second-order valence-electron chi connectivity index (χ2n) is 6.96. The fourth-order valence-electron chi connectivity index (χ4n) is 3.35. The monoisotopic (exact) mass is 280 g/mol. The molecule has 4 heteroatoms. The van der Waals surface area contributed by atoms with Crippen molar-refractivity contribution in [3.05, 3.63) is 11.6 Å². The summed E-state index contributed by atoms with van der Waals surface area (Å²) in [4.78, 5) is 16.9. The van der Waals surface area contributed by atoms with Crippen molar-refractivity contribution < 1.29 is 9.90 Å². The molecule has 0 aromatic carbocycles. The van der Waals surface area contributed by atoms with Gasteiger partial charge in [-0.25, -0.2) is 0 Å². The Balaban J connectivity index is 1.92. The van der Waals surface area contributed by atoms with E-state index >= 15 is 0 Å². The topological polar surface area (TPSA) is 43.8 Å². The van der Waals surface area contributed by atoms with Crippen molar-refractivity contribution in [2.24, 2.45) is 17.3 Å². The van der Waals surface area contributed by atoms with E-state index in [9.17, 15) is 4.79 Å². The van der Waals surface area contributed by atoms with Crippen LogP contribution in [0.25, 0.3) is 0 Å². The first kappa shape index (κ1) is 15.5. The zero-order valence-corrected chi connectivity index (χ0v) is 13.2. The van der Waals surface area contributed by atoms with Gasteiger partial charge in [0.2, 0.25) is 5.91 Å². The maximum Gasteiger partial charge on any atom is 0.226 e. The number of hydrogen-bond acceptors (Lipinski definition) is 3. The van der Waals surface area contributed by atoms with Crippen LogP contribution in [-0.2, 0) is 4.79 Å². The Morgan fingerprint density at radius 2 is 1.85 bits per heavy atom. The minimum absolute atomic E-state index is 0.108. The first-order valence-corrected chi connectivity index (χ1v) is 7.65. The van der Waals surface area contributed by atoms with E-state index in [2.05, 4.69) is 38.7 Å². The molecule has 2 fully saturated rings. The molecule has 2 atom stereocenters. The number of amides is 1. The van der Waals surface area contributed by atoms with E-state index in [1.807, 2.05) is 4.90 Å². The standard InChI is InChI=1S/C16H28N2O2/c1-12(2)11-13-14(16(13,3)4)15(20)18-7-5-17(6-8-18)9-10-19/h11,13-14,19H,5-10H2,1-4H3/t13-,14+/m1/s1. The van der Waals surface area contributed by atoms with Crippen LogP contribution in [0.3, 0.4) is 0 Å². The van der Waals surface area contributed by atoms with E-state index in [4.69, 9.17) is 5.11 Å². The van der Waals surface area contributed by atoms with E-state index in [-0.39, 0.29) is 17.9 Å². The van der Waals surface area contributed by atoms with Gasteiger partial charge < -0.3 is 10.0 Å².